The molecule has 14 heavy (non-hydrogen) atoms. The molecule has 0 amide bonds. The summed E-state index contributed by atoms with van der Waals surface area (Å²) in [6, 6.07) is 2.12. The summed E-state index contributed by atoms with van der Waals surface area (Å²) in [6.07, 6.45) is 3.61. The quantitative estimate of drug-likeness (QED) is 0.727. The van der Waals surface area contributed by atoms with Gasteiger partial charge >= 0.3 is 0 Å². The van der Waals surface area contributed by atoms with Gasteiger partial charge in [-0.1, -0.05) is 13.0 Å². The molecule has 0 fully saturated rings. The van der Waals surface area contributed by atoms with Crippen molar-refractivity contribution in [3.63, 3.8) is 0 Å². The maximum absolute atomic E-state index is 6.02. The maximum atomic E-state index is 6.02. The van der Waals surface area contributed by atoms with Gasteiger partial charge in [0.1, 0.15) is 0 Å². The summed E-state index contributed by atoms with van der Waals surface area (Å²) in [5.74, 6) is 0. The highest BCUT2D eigenvalue weighted by Crippen LogP contribution is 2.16. The summed E-state index contributed by atoms with van der Waals surface area (Å²) in [6.45, 7) is 8.76. The number of hydrogen-bond donors (Lipinski definition) is 1. The van der Waals surface area contributed by atoms with Crippen molar-refractivity contribution in [3.05, 3.63) is 30.1 Å². The smallest absolute Gasteiger partial charge is 0.0625 e. The minimum Gasteiger partial charge on any atom is -0.322 e. The van der Waals surface area contributed by atoms with Gasteiger partial charge in [0.15, 0.2) is 0 Å². The molecule has 0 saturated carbocycles. The van der Waals surface area contributed by atoms with Crippen molar-refractivity contribution < 1.29 is 0 Å². The summed E-state index contributed by atoms with van der Waals surface area (Å²) in [5.41, 5.74) is 8.25. The predicted octanol–water partition coefficient (Wildman–Crippen LogP) is 2.04. The third-order valence-corrected chi connectivity index (χ3v) is 2.32. The zero-order valence-corrected chi connectivity index (χ0v) is 9.03. The van der Waals surface area contributed by atoms with E-state index in [0.717, 1.165) is 30.8 Å². The Morgan fingerprint density at radius 1 is 1.64 bits per heavy atom. The third-order valence-electron chi connectivity index (χ3n) is 2.32. The number of nitrogens with two attached hydrogens (primary N) is 1. The fraction of sp³-hybridized carbons (Fsp3) is 0.545. The first-order chi connectivity index (χ1) is 6.72. The average molecular weight is 193 g/mol. The van der Waals surface area contributed by atoms with E-state index < -0.39 is 0 Å². The Morgan fingerprint density at radius 2 is 2.36 bits per heavy atom. The van der Waals surface area contributed by atoms with E-state index >= 15 is 0 Å². The van der Waals surface area contributed by atoms with E-state index in [2.05, 4.69) is 31.6 Å². The molecule has 1 aromatic heterocycles. The van der Waals surface area contributed by atoms with Crippen LogP contribution in [0.25, 0.3) is 0 Å². The lowest BCUT2D eigenvalue weighted by Crippen LogP contribution is -2.15. The lowest BCUT2D eigenvalue weighted by Gasteiger charge is -2.10. The first-order valence-electron chi connectivity index (χ1n) is 5.16. The molecule has 0 bridgehead atoms. The van der Waals surface area contributed by atoms with Crippen molar-refractivity contribution in [3.8, 4) is 0 Å². The number of hydrogen-bond acceptors (Lipinski definition) is 2. The summed E-state index contributed by atoms with van der Waals surface area (Å²) in [7, 11) is 0. The van der Waals surface area contributed by atoms with Crippen LogP contribution in [0.4, 0.5) is 0 Å². The second-order valence-electron chi connectivity index (χ2n) is 3.36. The molecule has 0 spiro atoms. The Bertz CT molecular complexity index is 301. The highest BCUT2D eigenvalue weighted by molar-refractivity contribution is 5.14. The Morgan fingerprint density at radius 3 is 2.86 bits per heavy atom. The van der Waals surface area contributed by atoms with E-state index in [1.165, 1.54) is 0 Å². The Labute approximate surface area is 85.6 Å². The first kappa shape index (κ1) is 11.0. The van der Waals surface area contributed by atoms with Gasteiger partial charge in [-0.15, -0.1) is 6.58 Å². The van der Waals surface area contributed by atoms with Crippen LogP contribution in [0.5, 0.6) is 0 Å². The van der Waals surface area contributed by atoms with Gasteiger partial charge < -0.3 is 5.73 Å². The predicted molar refractivity (Wildman–Crippen MR) is 59.0 cm³/mol. The van der Waals surface area contributed by atoms with E-state index in [-0.39, 0.29) is 6.04 Å². The number of aryl methyl sites for hydroxylation is 2. The highest BCUT2D eigenvalue weighted by atomic mass is 15.3. The fourth-order valence-corrected chi connectivity index (χ4v) is 1.51. The summed E-state index contributed by atoms with van der Waals surface area (Å²) in [4.78, 5) is 0. The lowest BCUT2D eigenvalue weighted by molar-refractivity contribution is 0.569. The maximum Gasteiger partial charge on any atom is 0.0625 e. The largest absolute Gasteiger partial charge is 0.322 e. The summed E-state index contributed by atoms with van der Waals surface area (Å²) < 4.78 is 1.98. The molecule has 0 saturated heterocycles. The fourth-order valence-electron chi connectivity index (χ4n) is 1.51. The molecule has 0 aliphatic heterocycles. The monoisotopic (exact) mass is 193 g/mol. The van der Waals surface area contributed by atoms with Crippen LogP contribution in [-0.2, 0) is 13.0 Å². The molecule has 0 aliphatic carbocycles. The normalized spacial score (nSPS) is 12.8. The van der Waals surface area contributed by atoms with Gasteiger partial charge in [0, 0.05) is 6.54 Å². The van der Waals surface area contributed by atoms with Gasteiger partial charge in [-0.25, -0.2) is 0 Å². The van der Waals surface area contributed by atoms with Gasteiger partial charge in [-0.3, -0.25) is 4.68 Å². The molecule has 1 unspecified atom stereocenters. The van der Waals surface area contributed by atoms with Crippen LogP contribution >= 0.6 is 0 Å². The highest BCUT2D eigenvalue weighted by Gasteiger charge is 2.11. The SMILES string of the molecule is C=CCC(N)c1cc(CC)nn1CC. The molecular formula is C11H19N3. The molecule has 1 atom stereocenters. The van der Waals surface area contributed by atoms with E-state index in [1.807, 2.05) is 10.8 Å². The molecule has 78 valence electrons. The van der Waals surface area contributed by atoms with Crippen molar-refractivity contribution in [2.45, 2.75) is 39.3 Å². The van der Waals surface area contributed by atoms with Crippen LogP contribution in [0.3, 0.4) is 0 Å². The molecule has 1 heterocycles. The van der Waals surface area contributed by atoms with Crippen LogP contribution < -0.4 is 5.73 Å². The van der Waals surface area contributed by atoms with Gasteiger partial charge in [0.2, 0.25) is 0 Å². The minimum absolute atomic E-state index is 0.0280. The summed E-state index contributed by atoms with van der Waals surface area (Å²) >= 11 is 0. The van der Waals surface area contributed by atoms with Crippen molar-refractivity contribution in [1.82, 2.24) is 9.78 Å². The Hall–Kier alpha value is -1.09. The van der Waals surface area contributed by atoms with E-state index in [9.17, 15) is 0 Å². The zero-order chi connectivity index (χ0) is 10.6. The lowest BCUT2D eigenvalue weighted by atomic mass is 10.1. The van der Waals surface area contributed by atoms with Crippen molar-refractivity contribution >= 4 is 0 Å². The molecule has 0 aromatic carbocycles. The van der Waals surface area contributed by atoms with Crippen molar-refractivity contribution in [2.75, 3.05) is 0 Å². The Balaban J connectivity index is 2.92. The molecule has 2 N–H and O–H groups in total. The zero-order valence-electron chi connectivity index (χ0n) is 9.03. The van der Waals surface area contributed by atoms with Crippen molar-refractivity contribution in [1.29, 1.82) is 0 Å². The van der Waals surface area contributed by atoms with Gasteiger partial charge in [0.05, 0.1) is 17.4 Å². The Kier molecular flexibility index (Phi) is 3.89. The molecule has 1 aromatic rings. The average Bonchev–Trinajstić information content (AvgIpc) is 2.61. The van der Waals surface area contributed by atoms with E-state index in [4.69, 9.17) is 5.73 Å². The van der Waals surface area contributed by atoms with E-state index in [1.54, 1.807) is 0 Å². The number of nitrogens with zero attached hydrogens (tertiary/aromatic N) is 2. The van der Waals surface area contributed by atoms with Crippen LogP contribution in [0, 0.1) is 0 Å². The molecule has 3 heteroatoms. The summed E-state index contributed by atoms with van der Waals surface area (Å²) in [5, 5.41) is 4.45. The van der Waals surface area contributed by atoms with Crippen molar-refractivity contribution in [2.24, 2.45) is 5.73 Å². The number of aromatic nitrogens is 2. The van der Waals surface area contributed by atoms with Crippen LogP contribution in [0.1, 0.15) is 37.7 Å². The standard InChI is InChI=1S/C11H19N3/c1-4-7-10(12)11-8-9(5-2)13-14(11)6-3/h4,8,10H,1,5-7,12H2,2-3H3. The third kappa shape index (κ3) is 2.23. The minimum atomic E-state index is 0.0280. The van der Waals surface area contributed by atoms with Crippen LogP contribution in [0.2, 0.25) is 0 Å². The van der Waals surface area contributed by atoms with E-state index in [0.29, 0.717) is 0 Å². The van der Waals surface area contributed by atoms with Gasteiger partial charge in [-0.2, -0.15) is 5.10 Å². The van der Waals surface area contributed by atoms with Crippen LogP contribution in [-0.4, -0.2) is 9.78 Å². The second-order valence-corrected chi connectivity index (χ2v) is 3.36. The number of rotatable bonds is 5. The van der Waals surface area contributed by atoms with Gasteiger partial charge in [0.25, 0.3) is 0 Å². The van der Waals surface area contributed by atoms with Gasteiger partial charge in [-0.05, 0) is 25.8 Å². The van der Waals surface area contributed by atoms with Crippen LogP contribution in [0.15, 0.2) is 18.7 Å². The second kappa shape index (κ2) is 4.96. The first-order valence-corrected chi connectivity index (χ1v) is 5.16. The molecular weight excluding hydrogens is 174 g/mol. The topological polar surface area (TPSA) is 43.8 Å². The molecule has 0 aliphatic rings. The molecule has 3 nitrogen and oxygen atoms in total. The molecule has 0 radical (unpaired) electrons. The molecule has 1 rings (SSSR count).